The minimum atomic E-state index is -0.106. The molecule has 6 nitrogen and oxygen atoms in total. The van der Waals surface area contributed by atoms with Gasteiger partial charge in [-0.15, -0.1) is 0 Å². The molecule has 0 fully saturated rings. The Morgan fingerprint density at radius 1 is 0.273 bits per heavy atom. The first kappa shape index (κ1) is 55.1. The average molecular weight is 1150 g/mol. The predicted octanol–water partition coefficient (Wildman–Crippen LogP) is 22.0. The molecule has 6 heterocycles. The molecule has 0 saturated heterocycles. The maximum absolute atomic E-state index is 5.63. The highest BCUT2D eigenvalue weighted by Crippen LogP contribution is 2.55. The quantitative estimate of drug-likeness (QED) is 0.167. The van der Waals surface area contributed by atoms with Crippen LogP contribution in [0.4, 0.5) is 0 Å². The van der Waals surface area contributed by atoms with Crippen molar-refractivity contribution in [1.82, 2.24) is 28.2 Å². The summed E-state index contributed by atoms with van der Waals surface area (Å²) in [5.74, 6) is 0. The molecule has 0 N–H and O–H groups in total. The van der Waals surface area contributed by atoms with Gasteiger partial charge in [0.15, 0.2) is 0 Å². The minimum absolute atomic E-state index is 0.0987. The van der Waals surface area contributed by atoms with Crippen LogP contribution in [-0.4, -0.2) is 28.2 Å². The van der Waals surface area contributed by atoms with Crippen molar-refractivity contribution >= 4 is 87.2 Å². The summed E-state index contributed by atoms with van der Waals surface area (Å²) in [4.78, 5) is 10.8. The Kier molecular flexibility index (Phi) is 12.2. The van der Waals surface area contributed by atoms with Crippen molar-refractivity contribution in [3.05, 3.63) is 240 Å². The SMILES string of the molecule is Cc1cc(-c2c(-n3c4ccccc4c4cc(C(C)(C)C)ccc43)c(-c3ccccn3)c(-n3c4ccccc4c4cc(C(C)(C)C)ccc43)c(-n3c4ccccc4c4cc(C(C)(C)C)ccc43)c2-n2c3ccccc3c3cc(C(C)(C)C)ccc32)cc(C)n1. The first-order valence-electron chi connectivity index (χ1n) is 31.3. The van der Waals surface area contributed by atoms with Crippen LogP contribution in [0.5, 0.6) is 0 Å². The van der Waals surface area contributed by atoms with Gasteiger partial charge in [-0.25, -0.2) is 0 Å². The highest BCUT2D eigenvalue weighted by atomic mass is 15.1. The van der Waals surface area contributed by atoms with E-state index in [0.717, 1.165) is 101 Å². The van der Waals surface area contributed by atoms with E-state index in [2.05, 4.69) is 315 Å². The van der Waals surface area contributed by atoms with E-state index in [4.69, 9.17) is 9.97 Å². The molecule has 88 heavy (non-hydrogen) atoms. The zero-order valence-electron chi connectivity index (χ0n) is 53.3. The molecule has 6 aromatic heterocycles. The lowest BCUT2D eigenvalue weighted by molar-refractivity contribution is 0.591. The second-order valence-corrected chi connectivity index (χ2v) is 28.8. The molecule has 0 atom stereocenters. The number of fused-ring (bicyclic) bond motifs is 12. The van der Waals surface area contributed by atoms with Crippen molar-refractivity contribution in [2.24, 2.45) is 0 Å². The van der Waals surface area contributed by atoms with Crippen LogP contribution in [0.1, 0.15) is 117 Å². The zero-order chi connectivity index (χ0) is 61.1. The normalized spacial score (nSPS) is 12.9. The van der Waals surface area contributed by atoms with Gasteiger partial charge in [-0.2, -0.15) is 0 Å². The van der Waals surface area contributed by atoms with Crippen LogP contribution in [0.2, 0.25) is 0 Å². The van der Waals surface area contributed by atoms with Gasteiger partial charge in [0.05, 0.1) is 78.1 Å². The first-order valence-corrected chi connectivity index (χ1v) is 31.3. The third-order valence-electron chi connectivity index (χ3n) is 18.7. The largest absolute Gasteiger partial charge is 0.308 e. The Labute approximate surface area is 516 Å². The molecule has 0 amide bonds. The number of hydrogen-bond acceptors (Lipinski definition) is 2. The van der Waals surface area contributed by atoms with Crippen molar-refractivity contribution in [2.45, 2.75) is 119 Å². The molecule has 0 saturated carbocycles. The summed E-state index contributed by atoms with van der Waals surface area (Å²) < 4.78 is 10.5. The van der Waals surface area contributed by atoms with Gasteiger partial charge in [0.1, 0.15) is 0 Å². The highest BCUT2D eigenvalue weighted by Gasteiger charge is 2.37. The van der Waals surface area contributed by atoms with E-state index in [-0.39, 0.29) is 21.7 Å². The molecule has 0 unspecified atom stereocenters. The molecular weight excluding hydrogens is 1070 g/mol. The molecule has 15 rings (SSSR count). The van der Waals surface area contributed by atoms with E-state index in [1.807, 2.05) is 6.20 Å². The predicted molar refractivity (Wildman–Crippen MR) is 375 cm³/mol. The van der Waals surface area contributed by atoms with E-state index in [9.17, 15) is 0 Å². The third kappa shape index (κ3) is 8.49. The maximum Gasteiger partial charge on any atom is 0.0962 e. The van der Waals surface area contributed by atoms with Crippen molar-refractivity contribution in [3.8, 4) is 45.1 Å². The van der Waals surface area contributed by atoms with Crippen molar-refractivity contribution in [3.63, 3.8) is 0 Å². The monoisotopic (exact) mass is 1140 g/mol. The molecule has 0 bridgehead atoms. The number of hydrogen-bond donors (Lipinski definition) is 0. The van der Waals surface area contributed by atoms with Crippen LogP contribution < -0.4 is 0 Å². The fourth-order valence-corrected chi connectivity index (χ4v) is 14.3. The Bertz CT molecular complexity index is 5350. The van der Waals surface area contributed by atoms with Gasteiger partial charge in [0, 0.05) is 66.2 Å². The van der Waals surface area contributed by atoms with E-state index in [1.165, 1.54) is 65.3 Å². The molecule has 0 radical (unpaired) electrons. The molecule has 0 aliphatic carbocycles. The van der Waals surface area contributed by atoms with Crippen LogP contribution >= 0.6 is 0 Å². The van der Waals surface area contributed by atoms with E-state index in [1.54, 1.807) is 0 Å². The van der Waals surface area contributed by atoms with Gasteiger partial charge in [-0.1, -0.05) is 186 Å². The summed E-state index contributed by atoms with van der Waals surface area (Å²) in [7, 11) is 0. The zero-order valence-corrected chi connectivity index (χ0v) is 53.3. The summed E-state index contributed by atoms with van der Waals surface area (Å²) in [5.41, 5.74) is 23.6. The van der Waals surface area contributed by atoms with Gasteiger partial charge in [-0.05, 0) is 160 Å². The number of aromatic nitrogens is 6. The van der Waals surface area contributed by atoms with Crippen LogP contribution in [0.15, 0.2) is 206 Å². The van der Waals surface area contributed by atoms with E-state index >= 15 is 0 Å². The van der Waals surface area contributed by atoms with Gasteiger partial charge in [-0.3, -0.25) is 9.97 Å². The van der Waals surface area contributed by atoms with Gasteiger partial charge in [0.25, 0.3) is 0 Å². The molecule has 0 aliphatic heterocycles. The Morgan fingerprint density at radius 3 is 0.898 bits per heavy atom. The lowest BCUT2D eigenvalue weighted by Gasteiger charge is -2.31. The molecule has 434 valence electrons. The van der Waals surface area contributed by atoms with Crippen LogP contribution in [0, 0.1) is 13.8 Å². The number of pyridine rings is 2. The Balaban J connectivity index is 1.33. The average Bonchev–Trinajstić information content (AvgIpc) is 1.42. The summed E-state index contributed by atoms with van der Waals surface area (Å²) in [6.45, 7) is 32.2. The van der Waals surface area contributed by atoms with Gasteiger partial charge in [0.2, 0.25) is 0 Å². The highest BCUT2D eigenvalue weighted by molar-refractivity contribution is 6.19. The number of para-hydroxylation sites is 4. The second-order valence-electron chi connectivity index (χ2n) is 28.8. The third-order valence-corrected chi connectivity index (χ3v) is 18.7. The van der Waals surface area contributed by atoms with Crippen LogP contribution in [-0.2, 0) is 21.7 Å². The summed E-state index contributed by atoms with van der Waals surface area (Å²) in [6, 6.07) is 76.4. The summed E-state index contributed by atoms with van der Waals surface area (Å²) >= 11 is 0. The molecule has 0 spiro atoms. The van der Waals surface area contributed by atoms with Gasteiger partial charge >= 0.3 is 0 Å². The fraction of sp³-hybridized carbons (Fsp3) is 0.220. The van der Waals surface area contributed by atoms with Crippen molar-refractivity contribution in [2.75, 3.05) is 0 Å². The van der Waals surface area contributed by atoms with Crippen LogP contribution in [0.3, 0.4) is 0 Å². The Hall–Kier alpha value is -9.52. The lowest BCUT2D eigenvalue weighted by Crippen LogP contribution is -2.17. The molecular formula is C82H76N6. The standard InChI is InChI=1S/C82H76N6/c1-49-43-51(44-50(2)84-49)73-75(85-65-30-19-15-25-56(65)60-45-52(79(3,4)5)34-38-69(60)85)74(64-29-23-24-42-83-64)77(87-67-32-21-17-27-58(67)62-47-54(81(9,10)11)36-40-71(62)87)78(88-68-33-22-18-28-59(68)63-48-55(82(12,13)14)37-41-72(63)88)76(73)86-66-31-20-16-26-57(66)61-46-53(80(6,7)8)35-39-70(61)86/h15-48H,1-14H3. The van der Waals surface area contributed by atoms with E-state index in [0.29, 0.717) is 0 Å². The number of aryl methyl sites for hydroxylation is 2. The number of rotatable bonds is 6. The van der Waals surface area contributed by atoms with Crippen LogP contribution in [0.25, 0.3) is 132 Å². The molecule has 6 heteroatoms. The van der Waals surface area contributed by atoms with Crippen molar-refractivity contribution in [1.29, 1.82) is 0 Å². The van der Waals surface area contributed by atoms with Gasteiger partial charge < -0.3 is 18.3 Å². The lowest BCUT2D eigenvalue weighted by atomic mass is 9.86. The van der Waals surface area contributed by atoms with Crippen molar-refractivity contribution < 1.29 is 0 Å². The molecule has 15 aromatic rings. The summed E-state index contributed by atoms with van der Waals surface area (Å²) in [5, 5.41) is 9.55. The molecule has 0 aliphatic rings. The topological polar surface area (TPSA) is 45.5 Å². The smallest absolute Gasteiger partial charge is 0.0962 e. The number of nitrogens with zero attached hydrogens (tertiary/aromatic N) is 6. The Morgan fingerprint density at radius 2 is 0.568 bits per heavy atom. The summed E-state index contributed by atoms with van der Waals surface area (Å²) in [6.07, 6.45) is 1.98. The minimum Gasteiger partial charge on any atom is -0.308 e. The molecule has 9 aromatic carbocycles. The fourth-order valence-electron chi connectivity index (χ4n) is 14.3. The first-order chi connectivity index (χ1) is 42.0. The second kappa shape index (κ2) is 19.5. The van der Waals surface area contributed by atoms with E-state index < -0.39 is 0 Å². The maximum atomic E-state index is 5.63. The number of benzene rings is 9.